The van der Waals surface area contributed by atoms with Crippen molar-refractivity contribution >= 4 is 5.84 Å². The summed E-state index contributed by atoms with van der Waals surface area (Å²) in [4.78, 5) is 2.38. The molecule has 3 N–H and O–H groups in total. The van der Waals surface area contributed by atoms with E-state index in [1.165, 1.54) is 25.7 Å². The van der Waals surface area contributed by atoms with Crippen molar-refractivity contribution in [2.24, 2.45) is 16.3 Å². The average Bonchev–Trinajstić information content (AvgIpc) is 2.27. The topological polar surface area (TPSA) is 61.9 Å². The van der Waals surface area contributed by atoms with Crippen molar-refractivity contribution in [1.82, 2.24) is 4.90 Å². The van der Waals surface area contributed by atoms with Gasteiger partial charge in [-0.3, -0.25) is 0 Å². The maximum absolute atomic E-state index is 8.59. The highest BCUT2D eigenvalue weighted by Gasteiger charge is 2.30. The molecule has 1 aliphatic rings. The summed E-state index contributed by atoms with van der Waals surface area (Å²) in [7, 11) is 2.15. The highest BCUT2D eigenvalue weighted by molar-refractivity contribution is 5.80. The highest BCUT2D eigenvalue weighted by Crippen LogP contribution is 2.37. The average molecular weight is 241 g/mol. The lowest BCUT2D eigenvalue weighted by Crippen LogP contribution is -2.43. The van der Waals surface area contributed by atoms with Gasteiger partial charge in [0, 0.05) is 18.5 Å². The maximum atomic E-state index is 8.59. The van der Waals surface area contributed by atoms with Crippen LogP contribution in [-0.2, 0) is 0 Å². The Hall–Kier alpha value is -0.770. The van der Waals surface area contributed by atoms with Crippen molar-refractivity contribution < 1.29 is 5.21 Å². The zero-order valence-electron chi connectivity index (χ0n) is 11.6. The number of amidine groups is 1. The fourth-order valence-corrected chi connectivity index (χ4v) is 2.64. The first-order valence-electron chi connectivity index (χ1n) is 6.54. The Balaban J connectivity index is 2.45. The second-order valence-corrected chi connectivity index (χ2v) is 6.21. The van der Waals surface area contributed by atoms with E-state index in [0.717, 1.165) is 0 Å². The smallest absolute Gasteiger partial charge is 0.140 e. The van der Waals surface area contributed by atoms with E-state index in [-0.39, 0.29) is 0 Å². The summed E-state index contributed by atoms with van der Waals surface area (Å²) in [5.74, 6) is 0.320. The van der Waals surface area contributed by atoms with Gasteiger partial charge < -0.3 is 15.8 Å². The van der Waals surface area contributed by atoms with Crippen LogP contribution in [0.3, 0.4) is 0 Å². The molecule has 100 valence electrons. The molecule has 4 heteroatoms. The molecule has 0 aliphatic heterocycles. The molecule has 0 aromatic carbocycles. The molecule has 1 rings (SSSR count). The monoisotopic (exact) mass is 241 g/mol. The first-order valence-corrected chi connectivity index (χ1v) is 6.54. The summed E-state index contributed by atoms with van der Waals surface area (Å²) < 4.78 is 0. The SMILES string of the molecule is CC(CC(N)=NO)N(C)C1CCC(C)(C)CC1. The third kappa shape index (κ3) is 4.19. The van der Waals surface area contributed by atoms with Crippen molar-refractivity contribution in [1.29, 1.82) is 0 Å². The third-order valence-electron chi connectivity index (χ3n) is 4.21. The summed E-state index contributed by atoms with van der Waals surface area (Å²) in [5, 5.41) is 11.6. The summed E-state index contributed by atoms with van der Waals surface area (Å²) in [6.45, 7) is 6.84. The lowest BCUT2D eigenvalue weighted by molar-refractivity contribution is 0.102. The predicted octanol–water partition coefficient (Wildman–Crippen LogP) is 2.41. The summed E-state index contributed by atoms with van der Waals surface area (Å²) >= 11 is 0. The van der Waals surface area contributed by atoms with Crippen LogP contribution in [-0.4, -0.2) is 35.1 Å². The first-order chi connectivity index (χ1) is 7.85. The van der Waals surface area contributed by atoms with Crippen LogP contribution in [0.5, 0.6) is 0 Å². The van der Waals surface area contributed by atoms with Crippen molar-refractivity contribution in [2.45, 2.75) is 65.0 Å². The number of rotatable bonds is 4. The Morgan fingerprint density at radius 2 is 2.00 bits per heavy atom. The number of hydrogen-bond donors (Lipinski definition) is 2. The zero-order chi connectivity index (χ0) is 13.1. The molecule has 1 aliphatic carbocycles. The molecule has 0 amide bonds. The normalized spacial score (nSPS) is 23.9. The Labute approximate surface area is 105 Å². The van der Waals surface area contributed by atoms with E-state index in [0.29, 0.717) is 29.8 Å². The molecule has 0 spiro atoms. The fraction of sp³-hybridized carbons (Fsp3) is 0.923. The van der Waals surface area contributed by atoms with Gasteiger partial charge in [-0.25, -0.2) is 0 Å². The molecule has 0 saturated heterocycles. The lowest BCUT2D eigenvalue weighted by atomic mass is 9.75. The van der Waals surface area contributed by atoms with Gasteiger partial charge in [0.2, 0.25) is 0 Å². The van der Waals surface area contributed by atoms with E-state index in [9.17, 15) is 0 Å². The molecule has 1 atom stereocenters. The lowest BCUT2D eigenvalue weighted by Gasteiger charge is -2.40. The van der Waals surface area contributed by atoms with Gasteiger partial charge in [-0.15, -0.1) is 0 Å². The van der Waals surface area contributed by atoms with Crippen LogP contribution in [0.25, 0.3) is 0 Å². The summed E-state index contributed by atoms with van der Waals surface area (Å²) in [6.07, 6.45) is 5.72. The Kier molecular flexibility index (Phi) is 4.80. The van der Waals surface area contributed by atoms with Crippen molar-refractivity contribution in [3.05, 3.63) is 0 Å². The van der Waals surface area contributed by atoms with E-state index in [4.69, 9.17) is 10.9 Å². The largest absolute Gasteiger partial charge is 0.409 e. The standard InChI is InChI=1S/C13H27N3O/c1-10(9-12(14)15-17)16(4)11-5-7-13(2,3)8-6-11/h10-11,17H,5-9H2,1-4H3,(H2,14,15). The maximum Gasteiger partial charge on any atom is 0.140 e. The van der Waals surface area contributed by atoms with Gasteiger partial charge in [-0.05, 0) is 45.1 Å². The molecule has 0 bridgehead atoms. The van der Waals surface area contributed by atoms with Gasteiger partial charge in [0.15, 0.2) is 0 Å². The van der Waals surface area contributed by atoms with Gasteiger partial charge in [0.25, 0.3) is 0 Å². The summed E-state index contributed by atoms with van der Waals surface area (Å²) in [6, 6.07) is 0.974. The molecular formula is C13H27N3O. The number of nitrogens with two attached hydrogens (primary N) is 1. The molecule has 17 heavy (non-hydrogen) atoms. The van der Waals surface area contributed by atoms with Crippen LogP contribution in [0, 0.1) is 5.41 Å². The molecule has 1 unspecified atom stereocenters. The quantitative estimate of drug-likeness (QED) is 0.344. The molecule has 0 aromatic rings. The Morgan fingerprint density at radius 1 is 1.47 bits per heavy atom. The van der Waals surface area contributed by atoms with Gasteiger partial charge in [0.1, 0.15) is 5.84 Å². The summed E-state index contributed by atoms with van der Waals surface area (Å²) in [5.41, 5.74) is 6.06. The van der Waals surface area contributed by atoms with E-state index in [2.05, 4.69) is 37.9 Å². The minimum absolute atomic E-state index is 0.320. The van der Waals surface area contributed by atoms with Crippen LogP contribution >= 0.6 is 0 Å². The van der Waals surface area contributed by atoms with E-state index in [1.807, 2.05) is 0 Å². The second-order valence-electron chi connectivity index (χ2n) is 6.21. The Bertz CT molecular complexity index is 266. The zero-order valence-corrected chi connectivity index (χ0v) is 11.6. The van der Waals surface area contributed by atoms with Crippen LogP contribution < -0.4 is 5.73 Å². The second kappa shape index (κ2) is 5.71. The molecule has 0 heterocycles. The van der Waals surface area contributed by atoms with Gasteiger partial charge >= 0.3 is 0 Å². The van der Waals surface area contributed by atoms with Gasteiger partial charge in [-0.1, -0.05) is 19.0 Å². The third-order valence-corrected chi connectivity index (χ3v) is 4.21. The minimum atomic E-state index is 0.320. The van der Waals surface area contributed by atoms with Crippen molar-refractivity contribution in [3.8, 4) is 0 Å². The molecule has 1 fully saturated rings. The molecule has 4 nitrogen and oxygen atoms in total. The van der Waals surface area contributed by atoms with Crippen LogP contribution in [0.1, 0.15) is 52.9 Å². The van der Waals surface area contributed by atoms with Gasteiger partial charge in [-0.2, -0.15) is 0 Å². The van der Waals surface area contributed by atoms with Crippen LogP contribution in [0.15, 0.2) is 5.16 Å². The fourth-order valence-electron chi connectivity index (χ4n) is 2.64. The van der Waals surface area contributed by atoms with Crippen molar-refractivity contribution in [3.63, 3.8) is 0 Å². The van der Waals surface area contributed by atoms with E-state index in [1.54, 1.807) is 0 Å². The van der Waals surface area contributed by atoms with E-state index >= 15 is 0 Å². The van der Waals surface area contributed by atoms with Gasteiger partial charge in [0.05, 0.1) is 0 Å². The number of nitrogens with zero attached hydrogens (tertiary/aromatic N) is 2. The first kappa shape index (κ1) is 14.3. The minimum Gasteiger partial charge on any atom is -0.409 e. The van der Waals surface area contributed by atoms with E-state index < -0.39 is 0 Å². The Morgan fingerprint density at radius 3 is 2.47 bits per heavy atom. The predicted molar refractivity (Wildman–Crippen MR) is 71.3 cm³/mol. The molecule has 1 saturated carbocycles. The number of hydrogen-bond acceptors (Lipinski definition) is 3. The van der Waals surface area contributed by atoms with Crippen LogP contribution in [0.2, 0.25) is 0 Å². The van der Waals surface area contributed by atoms with Crippen LogP contribution in [0.4, 0.5) is 0 Å². The molecule has 0 aromatic heterocycles. The number of oxime groups is 1. The molecular weight excluding hydrogens is 214 g/mol. The van der Waals surface area contributed by atoms with Crippen molar-refractivity contribution in [2.75, 3.05) is 7.05 Å². The molecule has 0 radical (unpaired) electrons. The highest BCUT2D eigenvalue weighted by atomic mass is 16.4.